The molecule has 9 heteroatoms. The van der Waals surface area contributed by atoms with Gasteiger partial charge in [0.1, 0.15) is 24.0 Å². The van der Waals surface area contributed by atoms with Crippen molar-refractivity contribution in [2.75, 3.05) is 25.2 Å². The van der Waals surface area contributed by atoms with Gasteiger partial charge < -0.3 is 24.8 Å². The van der Waals surface area contributed by atoms with Crippen LogP contribution in [0.4, 0.5) is 0 Å². The number of benzene rings is 1. The highest BCUT2D eigenvalue weighted by atomic mass is 79.9. The number of fused-ring (bicyclic) bond motifs is 1. The fraction of sp³-hybridized carbons (Fsp3) is 0.571. The van der Waals surface area contributed by atoms with Crippen LogP contribution in [0.1, 0.15) is 49.5 Å². The molecule has 1 aliphatic heterocycles. The second kappa shape index (κ2) is 10.8. The number of primary amides is 1. The highest BCUT2D eigenvalue weighted by molar-refractivity contribution is 9.09. The number of rotatable bonds is 11. The van der Waals surface area contributed by atoms with Crippen molar-refractivity contribution in [3.05, 3.63) is 29.3 Å². The summed E-state index contributed by atoms with van der Waals surface area (Å²) in [4.78, 5) is 38.2. The van der Waals surface area contributed by atoms with Gasteiger partial charge in [-0.15, -0.1) is 0 Å². The average Bonchev–Trinajstić information content (AvgIpc) is 2.96. The van der Waals surface area contributed by atoms with Gasteiger partial charge in [0.2, 0.25) is 5.91 Å². The van der Waals surface area contributed by atoms with Crippen LogP contribution >= 0.6 is 15.9 Å². The third kappa shape index (κ3) is 6.98. The number of nitrogens with zero attached hydrogens (tertiary/aromatic N) is 1. The first kappa shape index (κ1) is 24.1. The third-order valence-electron chi connectivity index (χ3n) is 4.37. The molecule has 1 unspecified atom stereocenters. The molecule has 2 rings (SSSR count). The van der Waals surface area contributed by atoms with Crippen LogP contribution in [0.25, 0.3) is 0 Å². The standard InChI is InChI=1S/C21H29BrN2O6/c1-21(2,3)30-18(25)7-6-17(19(23)26)24-13-14-12-15(4-5-16(14)20(24)27)29-11-10-28-9-8-22/h4-5,12,17H,6-11,13H2,1-3H3,(H2,23,26). The van der Waals surface area contributed by atoms with Gasteiger partial charge in [0.05, 0.1) is 13.2 Å². The van der Waals surface area contributed by atoms with Crippen molar-refractivity contribution >= 4 is 33.7 Å². The van der Waals surface area contributed by atoms with Crippen LogP contribution in [0, 0.1) is 0 Å². The minimum absolute atomic E-state index is 0.00619. The van der Waals surface area contributed by atoms with Gasteiger partial charge in [0, 0.05) is 23.9 Å². The lowest BCUT2D eigenvalue weighted by Gasteiger charge is -2.25. The van der Waals surface area contributed by atoms with Crippen molar-refractivity contribution < 1.29 is 28.6 Å². The molecule has 166 valence electrons. The predicted octanol–water partition coefficient (Wildman–Crippen LogP) is 2.41. The number of hydrogen-bond donors (Lipinski definition) is 1. The zero-order valence-corrected chi connectivity index (χ0v) is 19.2. The SMILES string of the molecule is CC(C)(C)OC(=O)CCC(C(N)=O)N1Cc2cc(OCCOCCBr)ccc2C1=O. The van der Waals surface area contributed by atoms with E-state index in [0.29, 0.717) is 31.1 Å². The smallest absolute Gasteiger partial charge is 0.306 e. The summed E-state index contributed by atoms with van der Waals surface area (Å²) in [5.41, 5.74) is 6.17. The van der Waals surface area contributed by atoms with E-state index in [1.165, 1.54) is 4.90 Å². The monoisotopic (exact) mass is 484 g/mol. The number of amides is 2. The first-order chi connectivity index (χ1) is 14.1. The van der Waals surface area contributed by atoms with Crippen LogP contribution < -0.4 is 10.5 Å². The molecule has 0 spiro atoms. The fourth-order valence-electron chi connectivity index (χ4n) is 3.13. The number of ether oxygens (including phenoxy) is 3. The number of carbonyl (C=O) groups excluding carboxylic acids is 3. The number of hydrogen-bond acceptors (Lipinski definition) is 6. The van der Waals surface area contributed by atoms with Gasteiger partial charge >= 0.3 is 5.97 Å². The maximum Gasteiger partial charge on any atom is 0.306 e. The second-order valence-electron chi connectivity index (χ2n) is 7.95. The summed E-state index contributed by atoms with van der Waals surface area (Å²) in [7, 11) is 0. The Morgan fingerprint density at radius 3 is 2.60 bits per heavy atom. The van der Waals surface area contributed by atoms with Crippen LogP contribution in [0.5, 0.6) is 5.75 Å². The summed E-state index contributed by atoms with van der Waals surface area (Å²) in [5.74, 6) is -0.753. The number of halogens is 1. The Balaban J connectivity index is 1.99. The van der Waals surface area contributed by atoms with Crippen LogP contribution in [-0.2, 0) is 25.6 Å². The Labute approximate surface area is 185 Å². The normalized spacial score (nSPS) is 14.4. The first-order valence-corrected chi connectivity index (χ1v) is 11.0. The van der Waals surface area contributed by atoms with Crippen molar-refractivity contribution in [2.24, 2.45) is 5.73 Å². The summed E-state index contributed by atoms with van der Waals surface area (Å²) >= 11 is 3.28. The van der Waals surface area contributed by atoms with Crippen molar-refractivity contribution in [2.45, 2.75) is 51.8 Å². The number of esters is 1. The minimum atomic E-state index is -0.889. The van der Waals surface area contributed by atoms with Crippen LogP contribution in [-0.4, -0.2) is 59.5 Å². The lowest BCUT2D eigenvalue weighted by molar-refractivity contribution is -0.155. The Bertz CT molecular complexity index is 777. The molecule has 1 aliphatic rings. The second-order valence-corrected chi connectivity index (χ2v) is 8.74. The van der Waals surface area contributed by atoms with E-state index in [9.17, 15) is 14.4 Å². The van der Waals surface area contributed by atoms with Gasteiger partial charge in [0.25, 0.3) is 5.91 Å². The number of nitrogens with two attached hydrogens (primary N) is 1. The average molecular weight is 485 g/mol. The minimum Gasteiger partial charge on any atom is -0.491 e. The molecule has 1 atom stereocenters. The summed E-state index contributed by atoms with van der Waals surface area (Å²) in [6.45, 7) is 6.99. The molecular formula is C21H29BrN2O6. The largest absolute Gasteiger partial charge is 0.491 e. The van der Waals surface area contributed by atoms with E-state index < -0.39 is 23.5 Å². The molecule has 2 amide bonds. The maximum atomic E-state index is 12.8. The molecule has 30 heavy (non-hydrogen) atoms. The molecule has 0 bridgehead atoms. The topological polar surface area (TPSA) is 108 Å². The van der Waals surface area contributed by atoms with Crippen LogP contribution in [0.3, 0.4) is 0 Å². The van der Waals surface area contributed by atoms with Gasteiger partial charge in [-0.25, -0.2) is 0 Å². The van der Waals surface area contributed by atoms with E-state index in [-0.39, 0.29) is 25.3 Å². The van der Waals surface area contributed by atoms with E-state index >= 15 is 0 Å². The molecule has 0 saturated heterocycles. The fourth-order valence-corrected chi connectivity index (χ4v) is 3.36. The summed E-state index contributed by atoms with van der Waals surface area (Å²) in [6, 6.07) is 4.28. The number of alkyl halides is 1. The molecule has 1 aromatic carbocycles. The number of carbonyl (C=O) groups is 3. The van der Waals surface area contributed by atoms with Crippen molar-refractivity contribution in [3.8, 4) is 5.75 Å². The van der Waals surface area contributed by atoms with Gasteiger partial charge in [-0.2, -0.15) is 0 Å². The van der Waals surface area contributed by atoms with Crippen molar-refractivity contribution in [1.82, 2.24) is 4.90 Å². The highest BCUT2D eigenvalue weighted by Gasteiger charge is 2.36. The van der Waals surface area contributed by atoms with Crippen molar-refractivity contribution in [3.63, 3.8) is 0 Å². The van der Waals surface area contributed by atoms with Crippen LogP contribution in [0.2, 0.25) is 0 Å². The van der Waals surface area contributed by atoms with E-state index in [0.717, 1.165) is 10.9 Å². The molecule has 2 N–H and O–H groups in total. The van der Waals surface area contributed by atoms with Gasteiger partial charge in [-0.3, -0.25) is 14.4 Å². The van der Waals surface area contributed by atoms with E-state index in [1.807, 2.05) is 0 Å². The van der Waals surface area contributed by atoms with E-state index in [2.05, 4.69) is 15.9 Å². The van der Waals surface area contributed by atoms with Gasteiger partial charge in [-0.05, 0) is 51.0 Å². The summed E-state index contributed by atoms with van der Waals surface area (Å²) in [5, 5.41) is 0.763. The van der Waals surface area contributed by atoms with Gasteiger partial charge in [0.15, 0.2) is 0 Å². The molecule has 1 aromatic rings. The quantitative estimate of drug-likeness (QED) is 0.293. The van der Waals surface area contributed by atoms with Gasteiger partial charge in [-0.1, -0.05) is 15.9 Å². The molecule has 8 nitrogen and oxygen atoms in total. The Kier molecular flexibility index (Phi) is 8.66. The maximum absolute atomic E-state index is 12.8. The zero-order chi connectivity index (χ0) is 22.3. The lowest BCUT2D eigenvalue weighted by atomic mass is 10.1. The lowest BCUT2D eigenvalue weighted by Crippen LogP contribution is -2.45. The molecule has 1 heterocycles. The Hall–Kier alpha value is -2.13. The third-order valence-corrected chi connectivity index (χ3v) is 4.70. The molecule has 0 aliphatic carbocycles. The summed E-state index contributed by atoms with van der Waals surface area (Å²) in [6.07, 6.45) is 0.103. The Morgan fingerprint density at radius 1 is 1.23 bits per heavy atom. The Morgan fingerprint density at radius 2 is 1.97 bits per heavy atom. The highest BCUT2D eigenvalue weighted by Crippen LogP contribution is 2.29. The van der Waals surface area contributed by atoms with E-state index in [1.54, 1.807) is 39.0 Å². The molecule has 0 aromatic heterocycles. The molecule has 0 saturated carbocycles. The van der Waals surface area contributed by atoms with Crippen molar-refractivity contribution in [1.29, 1.82) is 0 Å². The molecule has 0 radical (unpaired) electrons. The summed E-state index contributed by atoms with van der Waals surface area (Å²) < 4.78 is 16.3. The first-order valence-electron chi connectivity index (χ1n) is 9.84. The predicted molar refractivity (Wildman–Crippen MR) is 114 cm³/mol. The molecule has 0 fully saturated rings. The zero-order valence-electron chi connectivity index (χ0n) is 17.6. The van der Waals surface area contributed by atoms with Crippen LogP contribution in [0.15, 0.2) is 18.2 Å². The van der Waals surface area contributed by atoms with E-state index in [4.69, 9.17) is 19.9 Å². The molecular weight excluding hydrogens is 456 g/mol.